The van der Waals surface area contributed by atoms with Crippen molar-refractivity contribution in [3.8, 4) is 5.06 Å². The van der Waals surface area contributed by atoms with E-state index in [-0.39, 0.29) is 6.61 Å². The number of hydrogen-bond donors (Lipinski definition) is 1. The molecule has 1 N–H and O–H groups in total. The van der Waals surface area contributed by atoms with Gasteiger partial charge < -0.3 is 9.84 Å². The van der Waals surface area contributed by atoms with Crippen molar-refractivity contribution in [2.75, 3.05) is 7.11 Å². The van der Waals surface area contributed by atoms with Crippen LogP contribution in [-0.4, -0.2) is 17.2 Å². The molecule has 0 radical (unpaired) electrons. The van der Waals surface area contributed by atoms with Crippen LogP contribution in [0, 0.1) is 0 Å². The smallest absolute Gasteiger partial charge is 0.199 e. The first kappa shape index (κ1) is 6.51. The van der Waals surface area contributed by atoms with Crippen LogP contribution in [-0.2, 0) is 6.61 Å². The Hall–Kier alpha value is -0.610. The zero-order valence-corrected chi connectivity index (χ0v) is 5.81. The Morgan fingerprint density at radius 2 is 2.67 bits per heavy atom. The predicted molar refractivity (Wildman–Crippen MR) is 34.6 cm³/mol. The second-order valence-corrected chi connectivity index (χ2v) is 2.27. The molecule has 50 valence electrons. The van der Waals surface area contributed by atoms with Crippen molar-refractivity contribution < 1.29 is 9.84 Å². The number of nitrogens with zero attached hydrogens (tertiary/aromatic N) is 1. The molecule has 1 heterocycles. The van der Waals surface area contributed by atoms with Gasteiger partial charge in [-0.25, -0.2) is 4.98 Å². The monoisotopic (exact) mass is 145 g/mol. The maximum Gasteiger partial charge on any atom is 0.199 e. The molecule has 0 aliphatic rings. The van der Waals surface area contributed by atoms with Crippen molar-refractivity contribution in [1.29, 1.82) is 0 Å². The highest BCUT2D eigenvalue weighted by Crippen LogP contribution is 2.21. The minimum atomic E-state index is -0.0489. The van der Waals surface area contributed by atoms with Crippen molar-refractivity contribution in [3.05, 3.63) is 11.2 Å². The van der Waals surface area contributed by atoms with E-state index in [2.05, 4.69) is 4.98 Å². The first-order chi connectivity index (χ1) is 4.38. The Morgan fingerprint density at radius 1 is 1.89 bits per heavy atom. The molecule has 1 aromatic heterocycles. The molecule has 0 aromatic carbocycles. The summed E-state index contributed by atoms with van der Waals surface area (Å²) in [5.41, 5.74) is 2.26. The molecular weight excluding hydrogens is 138 g/mol. The van der Waals surface area contributed by atoms with E-state index in [0.717, 1.165) is 0 Å². The van der Waals surface area contributed by atoms with Gasteiger partial charge in [-0.1, -0.05) is 11.3 Å². The Morgan fingerprint density at radius 3 is 3.11 bits per heavy atom. The summed E-state index contributed by atoms with van der Waals surface area (Å²) < 4.78 is 4.87. The van der Waals surface area contributed by atoms with Gasteiger partial charge in [0.05, 0.1) is 19.2 Å². The van der Waals surface area contributed by atoms with Crippen molar-refractivity contribution >= 4 is 11.3 Å². The van der Waals surface area contributed by atoms with E-state index in [9.17, 15) is 0 Å². The third-order valence-corrected chi connectivity index (χ3v) is 1.77. The largest absolute Gasteiger partial charge is 0.486 e. The predicted octanol–water partition coefficient (Wildman–Crippen LogP) is 0.644. The van der Waals surface area contributed by atoms with Gasteiger partial charge in [0.2, 0.25) is 0 Å². The molecule has 0 aliphatic carbocycles. The van der Waals surface area contributed by atoms with Crippen molar-refractivity contribution in [2.24, 2.45) is 0 Å². The number of methoxy groups -OCH3 is 1. The standard InChI is InChI=1S/C5H7NO2S/c1-8-5-4(2-7)6-3-9-5/h3,7H,2H2,1H3. The molecule has 0 spiro atoms. The summed E-state index contributed by atoms with van der Waals surface area (Å²) in [7, 11) is 1.56. The van der Waals surface area contributed by atoms with Gasteiger partial charge in [-0.05, 0) is 0 Å². The number of rotatable bonds is 2. The molecule has 3 nitrogen and oxygen atoms in total. The Bertz CT molecular complexity index is 168. The van der Waals surface area contributed by atoms with Crippen LogP contribution in [0.15, 0.2) is 5.51 Å². The molecule has 0 amide bonds. The highest BCUT2D eigenvalue weighted by molar-refractivity contribution is 7.11. The Kier molecular flexibility index (Phi) is 2.02. The van der Waals surface area contributed by atoms with Crippen LogP contribution in [0.1, 0.15) is 5.69 Å². The molecule has 0 fully saturated rings. The second kappa shape index (κ2) is 2.80. The molecule has 0 atom stereocenters. The van der Waals surface area contributed by atoms with E-state index in [0.29, 0.717) is 10.8 Å². The summed E-state index contributed by atoms with van der Waals surface area (Å²) in [6, 6.07) is 0. The van der Waals surface area contributed by atoms with Crippen molar-refractivity contribution in [2.45, 2.75) is 6.61 Å². The molecule has 4 heteroatoms. The normalized spacial score (nSPS) is 9.56. The maximum absolute atomic E-state index is 8.60. The van der Waals surface area contributed by atoms with E-state index in [1.165, 1.54) is 11.3 Å². The fourth-order valence-electron chi connectivity index (χ4n) is 0.530. The quantitative estimate of drug-likeness (QED) is 0.664. The molecule has 9 heavy (non-hydrogen) atoms. The third kappa shape index (κ3) is 1.20. The van der Waals surface area contributed by atoms with Crippen LogP contribution in [0.3, 0.4) is 0 Å². The molecule has 0 aliphatic heterocycles. The van der Waals surface area contributed by atoms with E-state index in [4.69, 9.17) is 9.84 Å². The minimum absolute atomic E-state index is 0.0489. The van der Waals surface area contributed by atoms with Crippen LogP contribution in [0.5, 0.6) is 5.06 Å². The maximum atomic E-state index is 8.60. The molecule has 0 saturated heterocycles. The van der Waals surface area contributed by atoms with Crippen LogP contribution in [0.4, 0.5) is 0 Å². The van der Waals surface area contributed by atoms with Gasteiger partial charge in [-0.3, -0.25) is 0 Å². The zero-order chi connectivity index (χ0) is 6.69. The van der Waals surface area contributed by atoms with Crippen LogP contribution < -0.4 is 4.74 Å². The van der Waals surface area contributed by atoms with Crippen LogP contribution in [0.2, 0.25) is 0 Å². The number of aliphatic hydroxyl groups is 1. The lowest BCUT2D eigenvalue weighted by molar-refractivity contribution is 0.270. The number of thiazole rings is 1. The molecule has 0 unspecified atom stereocenters. The summed E-state index contributed by atoms with van der Waals surface area (Å²) >= 11 is 1.38. The van der Waals surface area contributed by atoms with Gasteiger partial charge in [0.1, 0.15) is 5.69 Å². The van der Waals surface area contributed by atoms with E-state index in [1.807, 2.05) is 0 Å². The summed E-state index contributed by atoms with van der Waals surface area (Å²) in [6.07, 6.45) is 0. The number of hydrogen-bond acceptors (Lipinski definition) is 4. The van der Waals surface area contributed by atoms with Crippen LogP contribution in [0.25, 0.3) is 0 Å². The highest BCUT2D eigenvalue weighted by atomic mass is 32.1. The molecule has 0 saturated carbocycles. The topological polar surface area (TPSA) is 42.4 Å². The highest BCUT2D eigenvalue weighted by Gasteiger charge is 2.02. The van der Waals surface area contributed by atoms with Crippen LogP contribution >= 0.6 is 11.3 Å². The lowest BCUT2D eigenvalue weighted by atomic mass is 10.5. The molecule has 0 bridgehead atoms. The Labute approximate surface area is 56.9 Å². The van der Waals surface area contributed by atoms with Gasteiger partial charge in [0.15, 0.2) is 5.06 Å². The number of aliphatic hydroxyl groups excluding tert-OH is 1. The second-order valence-electron chi connectivity index (χ2n) is 1.45. The minimum Gasteiger partial charge on any atom is -0.486 e. The lowest BCUT2D eigenvalue weighted by Crippen LogP contribution is -1.87. The summed E-state index contributed by atoms with van der Waals surface area (Å²) in [5.74, 6) is 0. The summed E-state index contributed by atoms with van der Waals surface area (Å²) in [5, 5.41) is 9.29. The number of aromatic nitrogens is 1. The average Bonchev–Trinajstić information content (AvgIpc) is 2.33. The van der Waals surface area contributed by atoms with Crippen molar-refractivity contribution in [1.82, 2.24) is 4.98 Å². The molecule has 1 aromatic rings. The zero-order valence-electron chi connectivity index (χ0n) is 5.00. The fourth-order valence-corrected chi connectivity index (χ4v) is 1.16. The lowest BCUT2D eigenvalue weighted by Gasteiger charge is -1.93. The van der Waals surface area contributed by atoms with Gasteiger partial charge in [0, 0.05) is 0 Å². The fraction of sp³-hybridized carbons (Fsp3) is 0.400. The SMILES string of the molecule is COc1scnc1CO. The summed E-state index contributed by atoms with van der Waals surface area (Å²) in [4.78, 5) is 3.85. The van der Waals surface area contributed by atoms with Gasteiger partial charge in [-0.15, -0.1) is 0 Å². The van der Waals surface area contributed by atoms with Gasteiger partial charge in [-0.2, -0.15) is 0 Å². The molecule has 1 rings (SSSR count). The van der Waals surface area contributed by atoms with Gasteiger partial charge >= 0.3 is 0 Å². The van der Waals surface area contributed by atoms with E-state index in [1.54, 1.807) is 12.6 Å². The Balaban J connectivity index is 2.85. The van der Waals surface area contributed by atoms with Gasteiger partial charge in [0.25, 0.3) is 0 Å². The first-order valence-electron chi connectivity index (χ1n) is 2.45. The third-order valence-electron chi connectivity index (χ3n) is 0.939. The molecular formula is C5H7NO2S. The first-order valence-corrected chi connectivity index (χ1v) is 3.33. The average molecular weight is 145 g/mol. The van der Waals surface area contributed by atoms with E-state index >= 15 is 0 Å². The summed E-state index contributed by atoms with van der Waals surface area (Å²) in [6.45, 7) is -0.0489. The van der Waals surface area contributed by atoms with Crippen molar-refractivity contribution in [3.63, 3.8) is 0 Å². The van der Waals surface area contributed by atoms with E-state index < -0.39 is 0 Å². The number of ether oxygens (including phenoxy) is 1.